The van der Waals surface area contributed by atoms with Gasteiger partial charge in [0.1, 0.15) is 5.75 Å². The van der Waals surface area contributed by atoms with Gasteiger partial charge in [0.15, 0.2) is 5.96 Å². The Morgan fingerprint density at radius 3 is 2.35 bits per heavy atom. The Bertz CT molecular complexity index is 795. The van der Waals surface area contributed by atoms with Crippen LogP contribution in [0.4, 0.5) is 13.2 Å². The number of nitrogens with zero attached hydrogens (tertiary/aromatic N) is 2. The predicted octanol–water partition coefficient (Wildman–Crippen LogP) is 3.32. The largest absolute Gasteiger partial charge is 0.573 e. The summed E-state index contributed by atoms with van der Waals surface area (Å²) in [4.78, 5) is 4.04. The molecule has 26 heavy (non-hydrogen) atoms. The van der Waals surface area contributed by atoms with E-state index in [0.29, 0.717) is 23.6 Å². The molecule has 0 aliphatic rings. The van der Waals surface area contributed by atoms with Gasteiger partial charge in [-0.05, 0) is 23.8 Å². The summed E-state index contributed by atoms with van der Waals surface area (Å²) in [5.41, 5.74) is 1.86. The van der Waals surface area contributed by atoms with Crippen LogP contribution in [0.5, 0.6) is 5.75 Å². The van der Waals surface area contributed by atoms with Gasteiger partial charge in [-0.2, -0.15) is 5.26 Å². The first kappa shape index (κ1) is 19.1. The van der Waals surface area contributed by atoms with E-state index in [9.17, 15) is 13.2 Å². The van der Waals surface area contributed by atoms with Crippen molar-refractivity contribution in [1.29, 1.82) is 5.26 Å². The number of nitrogens with one attached hydrogen (secondary N) is 2. The molecule has 2 aromatic carbocycles. The van der Waals surface area contributed by atoms with Crippen LogP contribution in [0.15, 0.2) is 53.5 Å². The maximum atomic E-state index is 12.5. The first-order valence-corrected chi connectivity index (χ1v) is 7.68. The lowest BCUT2D eigenvalue weighted by atomic mass is 10.1. The van der Waals surface area contributed by atoms with Crippen LogP contribution in [-0.2, 0) is 13.1 Å². The zero-order valence-corrected chi connectivity index (χ0v) is 14.0. The van der Waals surface area contributed by atoms with Gasteiger partial charge in [-0.25, -0.2) is 0 Å². The van der Waals surface area contributed by atoms with Gasteiger partial charge in [-0.3, -0.25) is 4.99 Å². The van der Waals surface area contributed by atoms with Crippen LogP contribution in [-0.4, -0.2) is 19.4 Å². The van der Waals surface area contributed by atoms with Crippen molar-refractivity contribution in [3.05, 3.63) is 65.2 Å². The third-order valence-corrected chi connectivity index (χ3v) is 3.41. The van der Waals surface area contributed by atoms with E-state index in [2.05, 4.69) is 20.4 Å². The standard InChI is InChI=1S/C18H17F3N4O/c1-23-17(24-11-14-8-6-13(10-22)7-9-14)25-12-15-4-2-3-5-16(15)26-18(19,20)21/h2-9H,11-12H2,1H3,(H2,23,24,25). The van der Waals surface area contributed by atoms with E-state index in [1.54, 1.807) is 31.3 Å². The summed E-state index contributed by atoms with van der Waals surface area (Å²) in [6, 6.07) is 15.0. The van der Waals surface area contributed by atoms with Gasteiger partial charge >= 0.3 is 6.36 Å². The van der Waals surface area contributed by atoms with E-state index in [4.69, 9.17) is 5.26 Å². The molecule has 0 fully saturated rings. The van der Waals surface area contributed by atoms with Gasteiger partial charge in [0.25, 0.3) is 0 Å². The van der Waals surface area contributed by atoms with E-state index in [0.717, 1.165) is 5.56 Å². The Kier molecular flexibility index (Phi) is 6.44. The van der Waals surface area contributed by atoms with Crippen molar-refractivity contribution in [2.45, 2.75) is 19.5 Å². The minimum atomic E-state index is -4.74. The first-order valence-electron chi connectivity index (χ1n) is 7.68. The molecule has 136 valence electrons. The number of rotatable bonds is 5. The lowest BCUT2D eigenvalue weighted by Crippen LogP contribution is -2.36. The number of halogens is 3. The summed E-state index contributed by atoms with van der Waals surface area (Å²) in [5.74, 6) is 0.172. The Hall–Kier alpha value is -3.21. The maximum absolute atomic E-state index is 12.5. The molecule has 2 rings (SSSR count). The minimum Gasteiger partial charge on any atom is -0.405 e. The van der Waals surface area contributed by atoms with Crippen LogP contribution in [0.3, 0.4) is 0 Å². The van der Waals surface area contributed by atoms with Crippen molar-refractivity contribution in [3.63, 3.8) is 0 Å². The number of aliphatic imine (C=N–C) groups is 1. The molecular weight excluding hydrogens is 345 g/mol. The topological polar surface area (TPSA) is 69.4 Å². The molecule has 0 heterocycles. The van der Waals surface area contributed by atoms with E-state index in [1.807, 2.05) is 18.2 Å². The van der Waals surface area contributed by atoms with E-state index in [-0.39, 0.29) is 12.3 Å². The highest BCUT2D eigenvalue weighted by molar-refractivity contribution is 5.79. The molecule has 0 spiro atoms. The number of hydrogen-bond donors (Lipinski definition) is 2. The fourth-order valence-corrected chi connectivity index (χ4v) is 2.16. The zero-order valence-electron chi connectivity index (χ0n) is 14.0. The smallest absolute Gasteiger partial charge is 0.405 e. The van der Waals surface area contributed by atoms with Crippen LogP contribution in [0.1, 0.15) is 16.7 Å². The highest BCUT2D eigenvalue weighted by atomic mass is 19.4. The Balaban J connectivity index is 1.94. The fourth-order valence-electron chi connectivity index (χ4n) is 2.16. The molecule has 0 radical (unpaired) electrons. The molecule has 0 aromatic heterocycles. The summed E-state index contributed by atoms with van der Waals surface area (Å²) >= 11 is 0. The quantitative estimate of drug-likeness (QED) is 0.632. The molecule has 0 saturated heterocycles. The predicted molar refractivity (Wildman–Crippen MR) is 91.3 cm³/mol. The third kappa shape index (κ3) is 6.02. The molecule has 0 bridgehead atoms. The summed E-state index contributed by atoms with van der Waals surface area (Å²) in [7, 11) is 1.56. The summed E-state index contributed by atoms with van der Waals surface area (Å²) in [6.07, 6.45) is -4.74. The van der Waals surface area contributed by atoms with Crippen molar-refractivity contribution < 1.29 is 17.9 Å². The minimum absolute atomic E-state index is 0.110. The van der Waals surface area contributed by atoms with Crippen molar-refractivity contribution in [3.8, 4) is 11.8 Å². The van der Waals surface area contributed by atoms with E-state index < -0.39 is 6.36 Å². The molecule has 0 aliphatic heterocycles. The molecule has 0 amide bonds. The van der Waals surface area contributed by atoms with Crippen molar-refractivity contribution in [2.75, 3.05) is 7.05 Å². The molecule has 2 aromatic rings. The van der Waals surface area contributed by atoms with Crippen LogP contribution in [0, 0.1) is 11.3 Å². The van der Waals surface area contributed by atoms with Crippen molar-refractivity contribution in [1.82, 2.24) is 10.6 Å². The highest BCUT2D eigenvalue weighted by Gasteiger charge is 2.31. The van der Waals surface area contributed by atoms with Crippen LogP contribution in [0.2, 0.25) is 0 Å². The highest BCUT2D eigenvalue weighted by Crippen LogP contribution is 2.26. The lowest BCUT2D eigenvalue weighted by molar-refractivity contribution is -0.274. The Morgan fingerprint density at radius 2 is 1.73 bits per heavy atom. The molecule has 0 atom stereocenters. The number of para-hydroxylation sites is 1. The molecule has 5 nitrogen and oxygen atoms in total. The maximum Gasteiger partial charge on any atom is 0.573 e. The number of guanidine groups is 1. The number of benzene rings is 2. The van der Waals surface area contributed by atoms with Gasteiger partial charge in [0.05, 0.1) is 11.6 Å². The molecule has 0 unspecified atom stereocenters. The average Bonchev–Trinajstić information content (AvgIpc) is 2.62. The molecule has 2 N–H and O–H groups in total. The second kappa shape index (κ2) is 8.76. The first-order chi connectivity index (χ1) is 12.4. The van der Waals surface area contributed by atoms with Crippen LogP contribution < -0.4 is 15.4 Å². The van der Waals surface area contributed by atoms with E-state index >= 15 is 0 Å². The zero-order chi connectivity index (χ0) is 19.0. The molecule has 0 saturated carbocycles. The van der Waals surface area contributed by atoms with Crippen molar-refractivity contribution >= 4 is 5.96 Å². The van der Waals surface area contributed by atoms with Crippen molar-refractivity contribution in [2.24, 2.45) is 4.99 Å². The van der Waals surface area contributed by atoms with Crippen LogP contribution in [0.25, 0.3) is 0 Å². The molecule has 0 aliphatic carbocycles. The average molecular weight is 362 g/mol. The Labute approximate surface area is 149 Å². The molecule has 8 heteroatoms. The number of alkyl halides is 3. The summed E-state index contributed by atoms with van der Waals surface area (Å²) in [6.45, 7) is 0.561. The second-order valence-electron chi connectivity index (χ2n) is 5.24. The lowest BCUT2D eigenvalue weighted by Gasteiger charge is -2.15. The Morgan fingerprint density at radius 1 is 1.08 bits per heavy atom. The van der Waals surface area contributed by atoms with Gasteiger partial charge < -0.3 is 15.4 Å². The van der Waals surface area contributed by atoms with Gasteiger partial charge in [0.2, 0.25) is 0 Å². The summed E-state index contributed by atoms with van der Waals surface area (Å²) in [5, 5.41) is 14.8. The number of ether oxygens (including phenoxy) is 1. The van der Waals surface area contributed by atoms with Gasteiger partial charge in [0, 0.05) is 25.7 Å². The number of nitriles is 1. The van der Waals surface area contributed by atoms with Crippen LogP contribution >= 0.6 is 0 Å². The van der Waals surface area contributed by atoms with E-state index in [1.165, 1.54) is 12.1 Å². The third-order valence-electron chi connectivity index (χ3n) is 3.41. The SMILES string of the molecule is CN=C(NCc1ccc(C#N)cc1)NCc1ccccc1OC(F)(F)F. The monoisotopic (exact) mass is 362 g/mol. The van der Waals surface area contributed by atoms with Gasteiger partial charge in [-0.1, -0.05) is 30.3 Å². The van der Waals surface area contributed by atoms with Gasteiger partial charge in [-0.15, -0.1) is 13.2 Å². The molecular formula is C18H17F3N4O. The summed E-state index contributed by atoms with van der Waals surface area (Å²) < 4.78 is 41.4. The normalized spacial score (nSPS) is 11.6. The second-order valence-corrected chi connectivity index (χ2v) is 5.24. The fraction of sp³-hybridized carbons (Fsp3) is 0.222. The number of hydrogen-bond acceptors (Lipinski definition) is 3.